The topological polar surface area (TPSA) is 107 Å². The molecule has 0 aromatic heterocycles. The monoisotopic (exact) mass is 449 g/mol. The van der Waals surface area contributed by atoms with Crippen LogP contribution in [-0.4, -0.2) is 64.2 Å². The van der Waals surface area contributed by atoms with Crippen molar-refractivity contribution in [2.75, 3.05) is 19.6 Å². The third-order valence-corrected chi connectivity index (χ3v) is 6.03. The number of imide groups is 1. The lowest BCUT2D eigenvalue weighted by atomic mass is 10.0. The Hall–Kier alpha value is -3.68. The minimum atomic E-state index is -0.357. The van der Waals surface area contributed by atoms with Crippen molar-refractivity contribution in [3.63, 3.8) is 0 Å². The summed E-state index contributed by atoms with van der Waals surface area (Å²) >= 11 is 0. The highest BCUT2D eigenvalue weighted by atomic mass is 16.3. The van der Waals surface area contributed by atoms with E-state index in [2.05, 4.69) is 5.32 Å². The van der Waals surface area contributed by atoms with Crippen molar-refractivity contribution in [2.45, 2.75) is 32.7 Å². The van der Waals surface area contributed by atoms with Gasteiger partial charge in [-0.3, -0.25) is 24.1 Å². The van der Waals surface area contributed by atoms with Crippen LogP contribution < -0.4 is 5.32 Å². The fourth-order valence-electron chi connectivity index (χ4n) is 4.29. The first kappa shape index (κ1) is 22.5. The fraction of sp³-hybridized carbons (Fsp3) is 0.360. The van der Waals surface area contributed by atoms with Gasteiger partial charge in [-0.15, -0.1) is 0 Å². The lowest BCUT2D eigenvalue weighted by Gasteiger charge is -2.32. The number of nitrogens with one attached hydrogen (secondary N) is 1. The van der Waals surface area contributed by atoms with E-state index in [1.165, 1.54) is 17.0 Å². The number of carbonyl (C=O) groups excluding carboxylic acids is 4. The van der Waals surface area contributed by atoms with E-state index in [4.69, 9.17) is 0 Å². The summed E-state index contributed by atoms with van der Waals surface area (Å²) in [5.41, 5.74) is 1.21. The number of nitrogens with zero attached hydrogens (tertiary/aromatic N) is 2. The molecule has 2 heterocycles. The molecule has 172 valence electrons. The van der Waals surface area contributed by atoms with Crippen LogP contribution in [0.4, 0.5) is 0 Å². The average molecular weight is 450 g/mol. The van der Waals surface area contributed by atoms with Crippen molar-refractivity contribution >= 4 is 23.6 Å². The van der Waals surface area contributed by atoms with Crippen molar-refractivity contribution in [3.05, 3.63) is 64.7 Å². The van der Waals surface area contributed by atoms with Gasteiger partial charge in [0.1, 0.15) is 5.75 Å². The number of phenolic OH excluding ortho intramolecular Hbond substituents is 1. The van der Waals surface area contributed by atoms with Gasteiger partial charge in [-0.25, -0.2) is 0 Å². The Morgan fingerprint density at radius 1 is 1.03 bits per heavy atom. The zero-order valence-corrected chi connectivity index (χ0v) is 18.7. The number of carbonyl (C=O) groups is 4. The number of piperidine rings is 1. The molecular formula is C25H27N3O5. The molecule has 8 heteroatoms. The van der Waals surface area contributed by atoms with Crippen LogP contribution in [0, 0.1) is 5.92 Å². The highest BCUT2D eigenvalue weighted by molar-refractivity contribution is 6.22. The second-order valence-electron chi connectivity index (χ2n) is 8.93. The maximum absolute atomic E-state index is 13.0. The molecule has 0 aliphatic carbocycles. The standard InChI is InChI=1S/C25H27N3O5/c1-15(2)14-28-24(32)18-8-7-16(13-20(18)25(28)33)23(31)27-11-9-17(10-12-27)26-22(30)19-5-3-4-6-21(19)29/h3-8,13,15,17,29H,9-12,14H2,1-2H3,(H,26,30). The predicted molar refractivity (Wildman–Crippen MR) is 121 cm³/mol. The minimum absolute atomic E-state index is 0.0702. The molecule has 0 bridgehead atoms. The molecule has 8 nitrogen and oxygen atoms in total. The first-order valence-corrected chi connectivity index (χ1v) is 11.1. The quantitative estimate of drug-likeness (QED) is 0.683. The zero-order chi connectivity index (χ0) is 23.7. The van der Waals surface area contributed by atoms with Crippen molar-refractivity contribution in [2.24, 2.45) is 5.92 Å². The average Bonchev–Trinajstić information content (AvgIpc) is 3.03. The fourth-order valence-corrected chi connectivity index (χ4v) is 4.29. The van der Waals surface area contributed by atoms with Crippen LogP contribution in [0.15, 0.2) is 42.5 Å². The lowest BCUT2D eigenvalue weighted by molar-refractivity contribution is 0.0634. The third kappa shape index (κ3) is 4.46. The van der Waals surface area contributed by atoms with Crippen LogP contribution in [0.2, 0.25) is 0 Å². The Labute approximate surface area is 192 Å². The van der Waals surface area contributed by atoms with E-state index in [-0.39, 0.29) is 52.5 Å². The summed E-state index contributed by atoms with van der Waals surface area (Å²) < 4.78 is 0. The van der Waals surface area contributed by atoms with Gasteiger partial charge in [0.2, 0.25) is 0 Å². The summed E-state index contributed by atoms with van der Waals surface area (Å²) in [6.45, 7) is 5.12. The molecular weight excluding hydrogens is 422 g/mol. The summed E-state index contributed by atoms with van der Waals surface area (Å²) in [5.74, 6) is -1.13. The molecule has 0 radical (unpaired) electrons. The molecule has 0 spiro atoms. The van der Waals surface area contributed by atoms with Crippen molar-refractivity contribution in [1.29, 1.82) is 0 Å². The summed E-state index contributed by atoms with van der Waals surface area (Å²) in [5, 5.41) is 12.8. The molecule has 0 atom stereocenters. The molecule has 4 amide bonds. The highest BCUT2D eigenvalue weighted by Crippen LogP contribution is 2.26. The van der Waals surface area contributed by atoms with Crippen molar-refractivity contribution < 1.29 is 24.3 Å². The van der Waals surface area contributed by atoms with Gasteiger partial charge in [0.25, 0.3) is 23.6 Å². The number of hydrogen-bond acceptors (Lipinski definition) is 5. The van der Waals surface area contributed by atoms with Crippen LogP contribution >= 0.6 is 0 Å². The molecule has 2 aliphatic heterocycles. The molecule has 2 aromatic rings. The van der Waals surface area contributed by atoms with Crippen molar-refractivity contribution in [3.8, 4) is 5.75 Å². The number of likely N-dealkylation sites (tertiary alicyclic amines) is 1. The van der Waals surface area contributed by atoms with Crippen LogP contribution in [-0.2, 0) is 0 Å². The van der Waals surface area contributed by atoms with Gasteiger partial charge in [-0.1, -0.05) is 26.0 Å². The second kappa shape index (κ2) is 9.05. The number of fused-ring (bicyclic) bond motifs is 1. The Balaban J connectivity index is 1.38. The van der Waals surface area contributed by atoms with E-state index in [9.17, 15) is 24.3 Å². The van der Waals surface area contributed by atoms with Crippen LogP contribution in [0.25, 0.3) is 0 Å². The molecule has 4 rings (SSSR count). The van der Waals surface area contributed by atoms with Gasteiger partial charge >= 0.3 is 0 Å². The highest BCUT2D eigenvalue weighted by Gasteiger charge is 2.36. The van der Waals surface area contributed by atoms with E-state index in [0.717, 1.165) is 0 Å². The molecule has 33 heavy (non-hydrogen) atoms. The number of hydrogen-bond donors (Lipinski definition) is 2. The predicted octanol–water partition coefficient (Wildman–Crippen LogP) is 2.68. The van der Waals surface area contributed by atoms with Crippen LogP contribution in [0.5, 0.6) is 5.75 Å². The maximum Gasteiger partial charge on any atom is 0.261 e. The smallest absolute Gasteiger partial charge is 0.261 e. The number of para-hydroxylation sites is 1. The maximum atomic E-state index is 13.0. The molecule has 1 saturated heterocycles. The first-order valence-electron chi connectivity index (χ1n) is 11.1. The number of aromatic hydroxyl groups is 1. The van der Waals surface area contributed by atoms with E-state index >= 15 is 0 Å². The molecule has 2 aliphatic rings. The Morgan fingerprint density at radius 2 is 1.70 bits per heavy atom. The molecule has 1 fully saturated rings. The minimum Gasteiger partial charge on any atom is -0.507 e. The van der Waals surface area contributed by atoms with Gasteiger partial charge in [-0.2, -0.15) is 0 Å². The Morgan fingerprint density at radius 3 is 2.36 bits per heavy atom. The van der Waals surface area contributed by atoms with Crippen molar-refractivity contribution in [1.82, 2.24) is 15.1 Å². The SMILES string of the molecule is CC(C)CN1C(=O)c2ccc(C(=O)N3CCC(NC(=O)c4ccccc4O)CC3)cc2C1=O. The van der Waals surface area contributed by atoms with E-state index in [1.54, 1.807) is 35.2 Å². The van der Waals surface area contributed by atoms with Gasteiger partial charge in [0, 0.05) is 31.2 Å². The summed E-state index contributed by atoms with van der Waals surface area (Å²) in [7, 11) is 0. The van der Waals surface area contributed by atoms with E-state index < -0.39 is 0 Å². The van der Waals surface area contributed by atoms with Gasteiger partial charge in [0.15, 0.2) is 0 Å². The summed E-state index contributed by atoms with van der Waals surface area (Å²) in [6, 6.07) is 10.9. The first-order chi connectivity index (χ1) is 15.8. The van der Waals surface area contributed by atoms with Gasteiger partial charge < -0.3 is 15.3 Å². The Bertz CT molecular complexity index is 1120. The van der Waals surface area contributed by atoms with Gasteiger partial charge in [-0.05, 0) is 49.1 Å². The van der Waals surface area contributed by atoms with Crippen LogP contribution in [0.1, 0.15) is 68.1 Å². The molecule has 0 unspecified atom stereocenters. The summed E-state index contributed by atoms with van der Waals surface area (Å²) in [6.07, 6.45) is 1.16. The number of benzene rings is 2. The zero-order valence-electron chi connectivity index (χ0n) is 18.7. The second-order valence-corrected chi connectivity index (χ2v) is 8.93. The van der Waals surface area contributed by atoms with Crippen LogP contribution in [0.3, 0.4) is 0 Å². The van der Waals surface area contributed by atoms with E-state index in [0.29, 0.717) is 43.6 Å². The summed E-state index contributed by atoms with van der Waals surface area (Å²) in [4.78, 5) is 53.6. The Kier molecular flexibility index (Phi) is 6.18. The van der Waals surface area contributed by atoms with Gasteiger partial charge in [0.05, 0.1) is 16.7 Å². The normalized spacial score (nSPS) is 16.3. The number of rotatable bonds is 5. The third-order valence-electron chi connectivity index (χ3n) is 6.03. The molecule has 2 N–H and O–H groups in total. The number of amides is 4. The number of phenols is 1. The molecule has 0 saturated carbocycles. The molecule has 2 aromatic carbocycles. The van der Waals surface area contributed by atoms with E-state index in [1.807, 2.05) is 13.8 Å². The lowest BCUT2D eigenvalue weighted by Crippen LogP contribution is -2.46. The largest absolute Gasteiger partial charge is 0.507 e.